The van der Waals surface area contributed by atoms with Gasteiger partial charge in [-0.25, -0.2) is 0 Å². The Morgan fingerprint density at radius 1 is 1.17 bits per heavy atom. The van der Waals surface area contributed by atoms with E-state index in [1.807, 2.05) is 76.3 Å². The van der Waals surface area contributed by atoms with Crippen LogP contribution in [0.5, 0.6) is 0 Å². The number of likely N-dealkylation sites (N-methyl/N-ethyl adjacent to an activating group) is 3. The van der Waals surface area contributed by atoms with E-state index in [0.717, 1.165) is 49.2 Å². The maximum atomic E-state index is 12.9. The molecule has 1 N–H and O–H groups in total. The van der Waals surface area contributed by atoms with Gasteiger partial charge in [-0.1, -0.05) is 62.7 Å². The number of carbonyl (C=O) groups excluding carboxylic acids is 1. The zero-order chi connectivity index (χ0) is 26.7. The Balaban J connectivity index is 0.00000222. The molecule has 2 heterocycles. The van der Waals surface area contributed by atoms with E-state index < -0.39 is 0 Å². The van der Waals surface area contributed by atoms with Gasteiger partial charge in [0.25, 0.3) is 5.91 Å². The van der Waals surface area contributed by atoms with E-state index in [1.54, 1.807) is 12.0 Å². The molecule has 7 heteroatoms. The highest BCUT2D eigenvalue weighted by molar-refractivity contribution is 6.29. The van der Waals surface area contributed by atoms with Crippen molar-refractivity contribution in [1.82, 2.24) is 20.0 Å². The van der Waals surface area contributed by atoms with Crippen LogP contribution < -0.4 is 5.32 Å². The first-order valence-corrected chi connectivity index (χ1v) is 13.1. The fourth-order valence-electron chi connectivity index (χ4n) is 4.23. The largest absolute Gasteiger partial charge is 0.482 e. The van der Waals surface area contributed by atoms with Crippen LogP contribution in [-0.4, -0.2) is 81.6 Å². The van der Waals surface area contributed by atoms with Gasteiger partial charge in [0.2, 0.25) is 0 Å². The number of benzene rings is 1. The first kappa shape index (κ1) is 29.5. The van der Waals surface area contributed by atoms with Gasteiger partial charge in [-0.15, -0.1) is 0 Å². The molecule has 2 aliphatic rings. The van der Waals surface area contributed by atoms with E-state index in [9.17, 15) is 4.79 Å². The van der Waals surface area contributed by atoms with Gasteiger partial charge in [0.15, 0.2) is 5.88 Å². The predicted octanol–water partition coefficient (Wildman–Crippen LogP) is 4.86. The summed E-state index contributed by atoms with van der Waals surface area (Å²) in [5, 5.41) is 4.34. The second-order valence-electron chi connectivity index (χ2n) is 9.12. The normalized spacial score (nSPS) is 16.1. The smallest absolute Gasteiger partial charge is 0.253 e. The molecule has 1 aromatic rings. The summed E-state index contributed by atoms with van der Waals surface area (Å²) < 4.78 is 5.52. The molecule has 1 amide bonds. The average molecular weight is 515 g/mol. The summed E-state index contributed by atoms with van der Waals surface area (Å²) in [7, 11) is 7.49. The number of rotatable bonds is 10. The second kappa shape index (κ2) is 14.8. The molecule has 0 bridgehead atoms. The lowest BCUT2D eigenvalue weighted by atomic mass is 9.98. The van der Waals surface area contributed by atoms with E-state index in [4.69, 9.17) is 16.3 Å². The molecule has 0 saturated heterocycles. The SMILES string of the molecule is CC.COC1=C(CN(C)C(=O)c2ccc(CCNCC(C)C3=CC=C(Cl)N(C)C3)cc2)C=CCN1C. The summed E-state index contributed by atoms with van der Waals surface area (Å²) in [5.41, 5.74) is 4.29. The number of hydrogen-bond donors (Lipinski definition) is 1. The van der Waals surface area contributed by atoms with Crippen molar-refractivity contribution in [1.29, 1.82) is 0 Å². The Labute approximate surface area is 222 Å². The number of nitrogens with one attached hydrogen (secondary N) is 1. The van der Waals surface area contributed by atoms with E-state index in [0.29, 0.717) is 18.0 Å². The third kappa shape index (κ3) is 8.17. The van der Waals surface area contributed by atoms with Crippen molar-refractivity contribution >= 4 is 17.5 Å². The van der Waals surface area contributed by atoms with Gasteiger partial charge in [-0.3, -0.25) is 4.79 Å². The average Bonchev–Trinajstić information content (AvgIpc) is 2.89. The summed E-state index contributed by atoms with van der Waals surface area (Å²) >= 11 is 6.13. The first-order chi connectivity index (χ1) is 17.3. The molecule has 1 aromatic carbocycles. The number of hydrogen-bond acceptors (Lipinski definition) is 5. The Kier molecular flexibility index (Phi) is 12.1. The lowest BCUT2D eigenvalue weighted by Crippen LogP contribution is -2.32. The molecule has 198 valence electrons. The Hall–Kier alpha value is -2.70. The summed E-state index contributed by atoms with van der Waals surface area (Å²) in [4.78, 5) is 18.8. The minimum atomic E-state index is 0.00274. The number of carbonyl (C=O) groups is 1. The molecule has 0 aliphatic carbocycles. The molecule has 0 saturated carbocycles. The van der Waals surface area contributed by atoms with Crippen molar-refractivity contribution in [3.05, 3.63) is 81.9 Å². The topological polar surface area (TPSA) is 48.1 Å². The molecule has 0 spiro atoms. The molecule has 0 fully saturated rings. The van der Waals surface area contributed by atoms with E-state index in [2.05, 4.69) is 29.3 Å². The minimum absolute atomic E-state index is 0.00274. The van der Waals surface area contributed by atoms with Crippen LogP contribution in [-0.2, 0) is 11.2 Å². The van der Waals surface area contributed by atoms with Gasteiger partial charge >= 0.3 is 0 Å². The number of ether oxygens (including phenoxy) is 1. The summed E-state index contributed by atoms with van der Waals surface area (Å²) in [6.45, 7) is 10.2. The van der Waals surface area contributed by atoms with Gasteiger partial charge in [0.1, 0.15) is 5.16 Å². The molecule has 6 nitrogen and oxygen atoms in total. The van der Waals surface area contributed by atoms with Crippen LogP contribution >= 0.6 is 11.6 Å². The molecule has 36 heavy (non-hydrogen) atoms. The van der Waals surface area contributed by atoms with Crippen LogP contribution in [0.4, 0.5) is 0 Å². The quantitative estimate of drug-likeness (QED) is 0.357. The third-order valence-corrected chi connectivity index (χ3v) is 6.78. The first-order valence-electron chi connectivity index (χ1n) is 12.8. The van der Waals surface area contributed by atoms with Crippen LogP contribution in [0.15, 0.2) is 70.8 Å². The van der Waals surface area contributed by atoms with Crippen molar-refractivity contribution in [2.24, 2.45) is 5.92 Å². The maximum Gasteiger partial charge on any atom is 0.253 e. The standard InChI is InChI=1S/C27H37ClN4O2.C2H6/c1-20(23-12-13-25(28)31(3)18-23)17-29-15-14-21-8-10-22(11-9-21)26(33)32(4)19-24-7-6-16-30(2)27(24)34-5;1-2/h6-13,20,29H,14-19H2,1-5H3;1-2H3. The zero-order valence-corrected chi connectivity index (χ0v) is 23.7. The van der Waals surface area contributed by atoms with Gasteiger partial charge in [-0.2, -0.15) is 0 Å². The second-order valence-corrected chi connectivity index (χ2v) is 9.50. The van der Waals surface area contributed by atoms with Crippen molar-refractivity contribution < 1.29 is 9.53 Å². The van der Waals surface area contributed by atoms with Crippen LogP contribution in [0.2, 0.25) is 0 Å². The molecule has 0 aromatic heterocycles. The zero-order valence-electron chi connectivity index (χ0n) is 23.0. The monoisotopic (exact) mass is 514 g/mol. The fourth-order valence-corrected chi connectivity index (χ4v) is 4.35. The molecule has 3 rings (SSSR count). The van der Waals surface area contributed by atoms with Crippen molar-refractivity contribution in [2.45, 2.75) is 27.2 Å². The highest BCUT2D eigenvalue weighted by Crippen LogP contribution is 2.21. The van der Waals surface area contributed by atoms with Crippen LogP contribution in [0.3, 0.4) is 0 Å². The molecular weight excluding hydrogens is 472 g/mol. The van der Waals surface area contributed by atoms with Gasteiger partial charge in [0, 0.05) is 51.9 Å². The van der Waals surface area contributed by atoms with Crippen molar-refractivity contribution in [3.8, 4) is 0 Å². The van der Waals surface area contributed by atoms with Gasteiger partial charge in [-0.05, 0) is 48.2 Å². The highest BCUT2D eigenvalue weighted by Gasteiger charge is 2.19. The predicted molar refractivity (Wildman–Crippen MR) is 151 cm³/mol. The van der Waals surface area contributed by atoms with E-state index >= 15 is 0 Å². The van der Waals surface area contributed by atoms with Crippen LogP contribution in [0, 0.1) is 5.92 Å². The Bertz CT molecular complexity index is 981. The molecule has 2 aliphatic heterocycles. The van der Waals surface area contributed by atoms with Gasteiger partial charge < -0.3 is 24.8 Å². The number of allylic oxidation sites excluding steroid dienone is 2. The molecule has 1 unspecified atom stereocenters. The lowest BCUT2D eigenvalue weighted by Gasteiger charge is -2.27. The molecule has 1 atom stereocenters. The molecule has 0 radical (unpaired) electrons. The van der Waals surface area contributed by atoms with Crippen LogP contribution in [0.1, 0.15) is 36.7 Å². The maximum absolute atomic E-state index is 12.9. The summed E-state index contributed by atoms with van der Waals surface area (Å²) in [5.74, 6) is 1.26. The fraction of sp³-hybridized carbons (Fsp3) is 0.483. The number of amides is 1. The van der Waals surface area contributed by atoms with Crippen molar-refractivity contribution in [2.75, 3.05) is 61.0 Å². The number of halogens is 1. The van der Waals surface area contributed by atoms with E-state index in [-0.39, 0.29) is 5.91 Å². The molecular formula is C29H43ClN4O2. The van der Waals surface area contributed by atoms with Crippen molar-refractivity contribution in [3.63, 3.8) is 0 Å². The minimum Gasteiger partial charge on any atom is -0.482 e. The highest BCUT2D eigenvalue weighted by atomic mass is 35.5. The number of nitrogens with zero attached hydrogens (tertiary/aromatic N) is 3. The Morgan fingerprint density at radius 3 is 2.50 bits per heavy atom. The summed E-state index contributed by atoms with van der Waals surface area (Å²) in [6.07, 6.45) is 9.14. The van der Waals surface area contributed by atoms with Gasteiger partial charge in [0.05, 0.1) is 13.7 Å². The third-order valence-electron chi connectivity index (χ3n) is 6.36. The number of methoxy groups -OCH3 is 1. The lowest BCUT2D eigenvalue weighted by molar-refractivity contribution is 0.0803. The Morgan fingerprint density at radius 2 is 1.86 bits per heavy atom. The van der Waals surface area contributed by atoms with Crippen LogP contribution in [0.25, 0.3) is 0 Å². The summed E-state index contributed by atoms with van der Waals surface area (Å²) in [6, 6.07) is 7.94. The van der Waals surface area contributed by atoms with E-state index in [1.165, 1.54) is 11.1 Å².